The monoisotopic (exact) mass is 315 g/mol. The highest BCUT2D eigenvalue weighted by Gasteiger charge is 2.25. The van der Waals surface area contributed by atoms with Gasteiger partial charge in [0.1, 0.15) is 0 Å². The Morgan fingerprint density at radius 2 is 2.09 bits per heavy atom. The summed E-state index contributed by atoms with van der Waals surface area (Å²) in [6.45, 7) is 5.58. The van der Waals surface area contributed by atoms with Gasteiger partial charge in [-0.2, -0.15) is 5.10 Å². The van der Waals surface area contributed by atoms with E-state index in [9.17, 15) is 4.79 Å². The minimum Gasteiger partial charge on any atom is -0.372 e. The lowest BCUT2D eigenvalue weighted by Crippen LogP contribution is -2.51. The Morgan fingerprint density at radius 1 is 1.30 bits per heavy atom. The van der Waals surface area contributed by atoms with Crippen molar-refractivity contribution in [2.24, 2.45) is 0 Å². The number of urea groups is 1. The van der Waals surface area contributed by atoms with Crippen LogP contribution >= 0.6 is 0 Å². The SMILES string of the molecule is CC1CN(C(=O)NCc2cccnc2-n2cccn2)CC(C)O1. The standard InChI is InChI=1S/C16H21N5O2/c1-12-10-20(11-13(2)23-12)16(22)18-9-14-5-3-6-17-15(14)21-8-4-7-19-21/h3-8,12-13H,9-11H2,1-2H3,(H,18,22). The summed E-state index contributed by atoms with van der Waals surface area (Å²) in [5.74, 6) is 0.724. The van der Waals surface area contributed by atoms with Crippen molar-refractivity contribution in [1.82, 2.24) is 25.0 Å². The summed E-state index contributed by atoms with van der Waals surface area (Å²) in [6, 6.07) is 5.55. The van der Waals surface area contributed by atoms with Crippen molar-refractivity contribution in [2.75, 3.05) is 13.1 Å². The van der Waals surface area contributed by atoms with Gasteiger partial charge < -0.3 is 15.0 Å². The fourth-order valence-electron chi connectivity index (χ4n) is 2.80. The van der Waals surface area contributed by atoms with E-state index in [2.05, 4.69) is 15.4 Å². The van der Waals surface area contributed by atoms with Crippen LogP contribution < -0.4 is 5.32 Å². The maximum atomic E-state index is 12.4. The quantitative estimate of drug-likeness (QED) is 0.933. The first kappa shape index (κ1) is 15.5. The highest BCUT2D eigenvalue weighted by atomic mass is 16.5. The second-order valence-corrected chi connectivity index (χ2v) is 5.76. The van der Waals surface area contributed by atoms with Gasteiger partial charge in [-0.05, 0) is 26.0 Å². The molecule has 1 N–H and O–H groups in total. The summed E-state index contributed by atoms with van der Waals surface area (Å²) in [4.78, 5) is 18.5. The third kappa shape index (κ3) is 3.68. The van der Waals surface area contributed by atoms with Crippen LogP contribution in [0.2, 0.25) is 0 Å². The molecule has 23 heavy (non-hydrogen) atoms. The molecule has 0 aliphatic carbocycles. The van der Waals surface area contributed by atoms with E-state index >= 15 is 0 Å². The van der Waals surface area contributed by atoms with Crippen LogP contribution in [-0.2, 0) is 11.3 Å². The Morgan fingerprint density at radius 3 is 2.78 bits per heavy atom. The second kappa shape index (κ2) is 6.78. The van der Waals surface area contributed by atoms with E-state index in [1.54, 1.807) is 22.0 Å². The Hall–Kier alpha value is -2.41. The van der Waals surface area contributed by atoms with Gasteiger partial charge in [0.05, 0.1) is 12.2 Å². The maximum absolute atomic E-state index is 12.4. The van der Waals surface area contributed by atoms with Gasteiger partial charge in [0, 0.05) is 43.8 Å². The number of hydrogen-bond donors (Lipinski definition) is 1. The van der Waals surface area contributed by atoms with Crippen molar-refractivity contribution in [3.8, 4) is 5.82 Å². The highest BCUT2D eigenvalue weighted by Crippen LogP contribution is 2.12. The first-order chi connectivity index (χ1) is 11.1. The first-order valence-electron chi connectivity index (χ1n) is 7.75. The number of aromatic nitrogens is 3. The van der Waals surface area contributed by atoms with Crippen molar-refractivity contribution in [3.05, 3.63) is 42.4 Å². The molecule has 1 aliphatic heterocycles. The van der Waals surface area contributed by atoms with Gasteiger partial charge in [0.15, 0.2) is 5.82 Å². The molecule has 1 saturated heterocycles. The van der Waals surface area contributed by atoms with E-state index < -0.39 is 0 Å². The van der Waals surface area contributed by atoms with Gasteiger partial charge in [-0.3, -0.25) is 0 Å². The maximum Gasteiger partial charge on any atom is 0.317 e. The molecule has 122 valence electrons. The van der Waals surface area contributed by atoms with Crippen molar-refractivity contribution in [3.63, 3.8) is 0 Å². The summed E-state index contributed by atoms with van der Waals surface area (Å²) >= 11 is 0. The number of hydrogen-bond acceptors (Lipinski definition) is 4. The lowest BCUT2D eigenvalue weighted by molar-refractivity contribution is -0.0545. The molecule has 0 spiro atoms. The summed E-state index contributed by atoms with van der Waals surface area (Å²) in [6.07, 6.45) is 5.37. The van der Waals surface area contributed by atoms with Crippen LogP contribution in [0.3, 0.4) is 0 Å². The second-order valence-electron chi connectivity index (χ2n) is 5.76. The van der Waals surface area contributed by atoms with Gasteiger partial charge in [-0.15, -0.1) is 0 Å². The predicted octanol–water partition coefficient (Wildman–Crippen LogP) is 1.59. The zero-order valence-corrected chi connectivity index (χ0v) is 13.3. The van der Waals surface area contributed by atoms with Crippen LogP contribution in [0.1, 0.15) is 19.4 Å². The molecule has 2 atom stereocenters. The molecule has 0 radical (unpaired) electrons. The number of pyridine rings is 1. The van der Waals surface area contributed by atoms with E-state index in [1.165, 1.54) is 0 Å². The molecule has 3 heterocycles. The number of morpholine rings is 1. The molecule has 2 aromatic rings. The minimum absolute atomic E-state index is 0.0579. The highest BCUT2D eigenvalue weighted by molar-refractivity contribution is 5.74. The molecule has 2 unspecified atom stereocenters. The van der Waals surface area contributed by atoms with Gasteiger partial charge in [-0.1, -0.05) is 6.07 Å². The van der Waals surface area contributed by atoms with Crippen molar-refractivity contribution < 1.29 is 9.53 Å². The molecule has 2 amide bonds. The number of ether oxygens (including phenoxy) is 1. The molecule has 0 bridgehead atoms. The van der Waals surface area contributed by atoms with Crippen molar-refractivity contribution in [1.29, 1.82) is 0 Å². The van der Waals surface area contributed by atoms with Crippen LogP contribution in [0.5, 0.6) is 0 Å². The molecule has 0 saturated carbocycles. The van der Waals surface area contributed by atoms with Crippen molar-refractivity contribution in [2.45, 2.75) is 32.6 Å². The number of nitrogens with one attached hydrogen (secondary N) is 1. The molecule has 2 aromatic heterocycles. The van der Waals surface area contributed by atoms with E-state index in [-0.39, 0.29) is 18.2 Å². The topological polar surface area (TPSA) is 72.3 Å². The van der Waals surface area contributed by atoms with Gasteiger partial charge in [-0.25, -0.2) is 14.5 Å². The minimum atomic E-state index is -0.0812. The third-order valence-electron chi connectivity index (χ3n) is 3.73. The number of nitrogens with zero attached hydrogens (tertiary/aromatic N) is 4. The number of rotatable bonds is 3. The third-order valence-corrected chi connectivity index (χ3v) is 3.73. The zero-order chi connectivity index (χ0) is 16.2. The molecule has 3 rings (SSSR count). The van der Waals surface area contributed by atoms with Gasteiger partial charge in [0.2, 0.25) is 0 Å². The van der Waals surface area contributed by atoms with E-state index in [1.807, 2.05) is 38.2 Å². The Kier molecular flexibility index (Phi) is 4.57. The largest absolute Gasteiger partial charge is 0.372 e. The van der Waals surface area contributed by atoms with Crippen LogP contribution in [0.4, 0.5) is 4.79 Å². The predicted molar refractivity (Wildman–Crippen MR) is 85.2 cm³/mol. The molecule has 7 nitrogen and oxygen atoms in total. The Labute approximate surface area is 135 Å². The molecular weight excluding hydrogens is 294 g/mol. The molecule has 1 aliphatic rings. The van der Waals surface area contributed by atoms with Crippen molar-refractivity contribution >= 4 is 6.03 Å². The molecular formula is C16H21N5O2. The summed E-state index contributed by atoms with van der Waals surface area (Å²) in [7, 11) is 0. The fraction of sp³-hybridized carbons (Fsp3) is 0.438. The normalized spacial score (nSPS) is 21.2. The summed E-state index contributed by atoms with van der Waals surface area (Å²) in [5, 5.41) is 7.16. The van der Waals surface area contributed by atoms with Crippen LogP contribution in [0, 0.1) is 0 Å². The lowest BCUT2D eigenvalue weighted by Gasteiger charge is -2.35. The van der Waals surface area contributed by atoms with Gasteiger partial charge >= 0.3 is 6.03 Å². The average molecular weight is 315 g/mol. The van der Waals surface area contributed by atoms with Crippen LogP contribution in [-0.4, -0.2) is 51.0 Å². The van der Waals surface area contributed by atoms with E-state index in [0.717, 1.165) is 11.4 Å². The average Bonchev–Trinajstić information content (AvgIpc) is 3.06. The lowest BCUT2D eigenvalue weighted by atomic mass is 10.2. The molecule has 7 heteroatoms. The Bertz CT molecular complexity index is 648. The smallest absolute Gasteiger partial charge is 0.317 e. The van der Waals surface area contributed by atoms with Crippen LogP contribution in [0.15, 0.2) is 36.8 Å². The number of carbonyl (C=O) groups is 1. The number of carbonyl (C=O) groups excluding carboxylic acids is 1. The first-order valence-corrected chi connectivity index (χ1v) is 7.75. The zero-order valence-electron chi connectivity index (χ0n) is 13.3. The number of amides is 2. The molecule has 0 aromatic carbocycles. The van der Waals surface area contributed by atoms with E-state index in [0.29, 0.717) is 19.6 Å². The Balaban J connectivity index is 1.66. The van der Waals surface area contributed by atoms with Gasteiger partial charge in [0.25, 0.3) is 0 Å². The van der Waals surface area contributed by atoms with Crippen LogP contribution in [0.25, 0.3) is 5.82 Å². The van der Waals surface area contributed by atoms with E-state index in [4.69, 9.17) is 4.74 Å². The summed E-state index contributed by atoms with van der Waals surface area (Å²) in [5.41, 5.74) is 0.916. The fourth-order valence-corrected chi connectivity index (χ4v) is 2.80. The molecule has 1 fully saturated rings. The summed E-state index contributed by atoms with van der Waals surface area (Å²) < 4.78 is 7.35.